The van der Waals surface area contributed by atoms with Gasteiger partial charge in [-0.15, -0.1) is 11.3 Å². The molecule has 1 aliphatic carbocycles. The predicted molar refractivity (Wildman–Crippen MR) is 99.1 cm³/mol. The molecule has 1 aliphatic rings. The molecule has 3 aromatic rings. The van der Waals surface area contributed by atoms with Gasteiger partial charge in [0.25, 0.3) is 0 Å². The molecule has 0 spiro atoms. The van der Waals surface area contributed by atoms with Crippen LogP contribution in [0.5, 0.6) is 0 Å². The van der Waals surface area contributed by atoms with Gasteiger partial charge in [0.05, 0.1) is 5.69 Å². The lowest BCUT2D eigenvalue weighted by Crippen LogP contribution is -2.33. The Labute approximate surface area is 155 Å². The van der Waals surface area contributed by atoms with E-state index in [4.69, 9.17) is 4.98 Å². The monoisotopic (exact) mass is 367 g/mol. The van der Waals surface area contributed by atoms with Crippen LogP contribution in [0.15, 0.2) is 48.8 Å². The molecule has 4 rings (SSSR count). The van der Waals surface area contributed by atoms with E-state index in [0.29, 0.717) is 12.0 Å². The first-order valence-corrected chi connectivity index (χ1v) is 9.42. The number of nitrogens with one attached hydrogen (secondary N) is 1. The molecular weight excluding hydrogens is 349 g/mol. The van der Waals surface area contributed by atoms with E-state index in [9.17, 15) is 9.18 Å². The van der Waals surface area contributed by atoms with Crippen molar-refractivity contribution in [3.8, 4) is 10.6 Å². The summed E-state index contributed by atoms with van der Waals surface area (Å²) < 4.78 is 13.7. The first-order chi connectivity index (χ1) is 12.7. The van der Waals surface area contributed by atoms with Crippen LogP contribution in [-0.2, 0) is 24.2 Å². The fourth-order valence-corrected chi connectivity index (χ4v) is 4.38. The zero-order valence-electron chi connectivity index (χ0n) is 14.1. The topological polar surface area (TPSA) is 54.9 Å². The van der Waals surface area contributed by atoms with E-state index in [-0.39, 0.29) is 24.2 Å². The van der Waals surface area contributed by atoms with E-state index >= 15 is 0 Å². The van der Waals surface area contributed by atoms with E-state index in [1.165, 1.54) is 10.9 Å². The summed E-state index contributed by atoms with van der Waals surface area (Å²) in [7, 11) is 0. The van der Waals surface area contributed by atoms with E-state index in [0.717, 1.165) is 29.1 Å². The van der Waals surface area contributed by atoms with Crippen LogP contribution in [0.4, 0.5) is 4.39 Å². The van der Waals surface area contributed by atoms with Gasteiger partial charge in [0.15, 0.2) is 0 Å². The Morgan fingerprint density at radius 2 is 2.04 bits per heavy atom. The number of hydrogen-bond donors (Lipinski definition) is 1. The molecule has 1 amide bonds. The number of hydrogen-bond acceptors (Lipinski definition) is 4. The lowest BCUT2D eigenvalue weighted by Gasteiger charge is -2.20. The maximum absolute atomic E-state index is 13.7. The van der Waals surface area contributed by atoms with Crippen LogP contribution in [-0.4, -0.2) is 15.9 Å². The molecule has 0 saturated heterocycles. The van der Waals surface area contributed by atoms with Crippen LogP contribution in [0.1, 0.15) is 22.6 Å². The number of aromatic nitrogens is 2. The van der Waals surface area contributed by atoms with Crippen LogP contribution < -0.4 is 5.32 Å². The summed E-state index contributed by atoms with van der Waals surface area (Å²) in [5.41, 5.74) is 2.66. The molecule has 26 heavy (non-hydrogen) atoms. The number of carbonyl (C=O) groups is 1. The number of carbonyl (C=O) groups excluding carboxylic acids is 1. The van der Waals surface area contributed by atoms with Gasteiger partial charge in [0.2, 0.25) is 5.91 Å². The molecule has 1 atom stereocenters. The Morgan fingerprint density at radius 3 is 2.85 bits per heavy atom. The molecule has 0 bridgehead atoms. The third-order valence-electron chi connectivity index (χ3n) is 4.65. The molecule has 132 valence electrons. The Kier molecular flexibility index (Phi) is 4.75. The highest BCUT2D eigenvalue weighted by atomic mass is 32.1. The Hall–Kier alpha value is -2.60. The Balaban J connectivity index is 1.42. The number of rotatable bonds is 4. The maximum Gasteiger partial charge on any atom is 0.223 e. The molecule has 1 unspecified atom stereocenters. The summed E-state index contributed by atoms with van der Waals surface area (Å²) >= 11 is 1.65. The van der Waals surface area contributed by atoms with Gasteiger partial charge in [-0.3, -0.25) is 9.78 Å². The number of aryl methyl sites for hydroxylation is 1. The van der Waals surface area contributed by atoms with Crippen molar-refractivity contribution in [2.45, 2.75) is 25.8 Å². The second-order valence-electron chi connectivity index (χ2n) is 6.37. The summed E-state index contributed by atoms with van der Waals surface area (Å²) in [4.78, 5) is 22.5. The summed E-state index contributed by atoms with van der Waals surface area (Å²) in [5.74, 6) is -0.388. The van der Waals surface area contributed by atoms with Crippen LogP contribution in [0.2, 0.25) is 0 Å². The van der Waals surface area contributed by atoms with Crippen molar-refractivity contribution in [3.63, 3.8) is 0 Å². The van der Waals surface area contributed by atoms with E-state index in [1.54, 1.807) is 41.9 Å². The van der Waals surface area contributed by atoms with E-state index in [2.05, 4.69) is 10.3 Å². The molecule has 2 heterocycles. The fourth-order valence-electron chi connectivity index (χ4n) is 3.19. The highest BCUT2D eigenvalue weighted by molar-refractivity contribution is 7.15. The lowest BCUT2D eigenvalue weighted by molar-refractivity contribution is -0.125. The summed E-state index contributed by atoms with van der Waals surface area (Å²) in [6.07, 6.45) is 5.79. The van der Waals surface area contributed by atoms with Gasteiger partial charge in [-0.2, -0.15) is 0 Å². The standard InChI is InChI=1S/C20H18FN3OS/c21-16-4-2-1-3-15(16)12-23-19(25)14-5-6-17-18(11-14)26-20(24-17)13-7-9-22-10-8-13/h1-4,7-10,14H,5-6,11-12H2,(H,23,25). The van der Waals surface area contributed by atoms with Gasteiger partial charge in [0, 0.05) is 40.9 Å². The minimum atomic E-state index is -0.289. The van der Waals surface area contributed by atoms with Crippen LogP contribution in [0.25, 0.3) is 10.6 Å². The van der Waals surface area contributed by atoms with Crippen LogP contribution in [0.3, 0.4) is 0 Å². The van der Waals surface area contributed by atoms with Gasteiger partial charge in [-0.25, -0.2) is 9.37 Å². The highest BCUT2D eigenvalue weighted by Crippen LogP contribution is 2.34. The molecule has 4 nitrogen and oxygen atoms in total. The van der Waals surface area contributed by atoms with E-state index < -0.39 is 0 Å². The number of halogens is 1. The summed E-state index contributed by atoms with van der Waals surface area (Å²) in [6, 6.07) is 10.4. The maximum atomic E-state index is 13.7. The van der Waals surface area contributed by atoms with Crippen molar-refractivity contribution in [1.29, 1.82) is 0 Å². The first kappa shape index (κ1) is 16.8. The average molecular weight is 367 g/mol. The minimum absolute atomic E-state index is 0.0160. The van der Waals surface area contributed by atoms with E-state index in [1.807, 2.05) is 12.1 Å². The largest absolute Gasteiger partial charge is 0.352 e. The normalized spacial score (nSPS) is 16.1. The van der Waals surface area contributed by atoms with Crippen molar-refractivity contribution < 1.29 is 9.18 Å². The lowest BCUT2D eigenvalue weighted by atomic mass is 9.90. The summed E-state index contributed by atoms with van der Waals surface area (Å²) in [6.45, 7) is 0.222. The van der Waals surface area contributed by atoms with Gasteiger partial charge in [-0.05, 0) is 37.5 Å². The van der Waals surface area contributed by atoms with Gasteiger partial charge >= 0.3 is 0 Å². The van der Waals surface area contributed by atoms with Crippen LogP contribution >= 0.6 is 11.3 Å². The molecule has 6 heteroatoms. The average Bonchev–Trinajstić information content (AvgIpc) is 3.11. The van der Waals surface area contributed by atoms with Gasteiger partial charge < -0.3 is 5.32 Å². The van der Waals surface area contributed by atoms with Crippen molar-refractivity contribution in [2.24, 2.45) is 5.92 Å². The Bertz CT molecular complexity index is 926. The number of fused-ring (bicyclic) bond motifs is 1. The molecule has 1 aromatic carbocycles. The SMILES string of the molecule is O=C(NCc1ccccc1F)C1CCc2nc(-c3ccncc3)sc2C1. The first-order valence-electron chi connectivity index (χ1n) is 8.61. The van der Waals surface area contributed by atoms with Crippen molar-refractivity contribution in [1.82, 2.24) is 15.3 Å². The Morgan fingerprint density at radius 1 is 1.23 bits per heavy atom. The number of benzene rings is 1. The summed E-state index contributed by atoms with van der Waals surface area (Å²) in [5, 5.41) is 3.85. The molecule has 0 fully saturated rings. The number of pyridine rings is 1. The predicted octanol–water partition coefficient (Wildman–Crippen LogP) is 3.77. The molecule has 0 radical (unpaired) electrons. The van der Waals surface area contributed by atoms with Crippen molar-refractivity contribution in [2.75, 3.05) is 0 Å². The fraction of sp³-hybridized carbons (Fsp3) is 0.250. The molecule has 0 aliphatic heterocycles. The second-order valence-corrected chi connectivity index (χ2v) is 7.46. The third kappa shape index (κ3) is 3.51. The number of nitrogens with zero attached hydrogens (tertiary/aromatic N) is 2. The van der Waals surface area contributed by atoms with Gasteiger partial charge in [0.1, 0.15) is 10.8 Å². The quantitative estimate of drug-likeness (QED) is 0.764. The van der Waals surface area contributed by atoms with Crippen LogP contribution in [0, 0.1) is 11.7 Å². The molecule has 1 N–H and O–H groups in total. The molecule has 0 saturated carbocycles. The third-order valence-corrected chi connectivity index (χ3v) is 5.82. The van der Waals surface area contributed by atoms with Crippen molar-refractivity contribution >= 4 is 17.2 Å². The van der Waals surface area contributed by atoms with Gasteiger partial charge in [-0.1, -0.05) is 18.2 Å². The zero-order chi connectivity index (χ0) is 17.9. The van der Waals surface area contributed by atoms with Crippen molar-refractivity contribution in [3.05, 3.63) is 70.7 Å². The minimum Gasteiger partial charge on any atom is -0.352 e. The highest BCUT2D eigenvalue weighted by Gasteiger charge is 2.27. The number of amides is 1. The molecular formula is C20H18FN3OS. The molecule has 2 aromatic heterocycles. The smallest absolute Gasteiger partial charge is 0.223 e. The number of thiazole rings is 1. The zero-order valence-corrected chi connectivity index (χ0v) is 14.9. The second kappa shape index (κ2) is 7.33.